The number of ether oxygens (including phenoxy) is 2. The van der Waals surface area contributed by atoms with E-state index in [1.54, 1.807) is 51.1 Å². The zero-order chi connectivity index (χ0) is 30.6. The van der Waals surface area contributed by atoms with Gasteiger partial charge in [-0.2, -0.15) is 5.26 Å². The van der Waals surface area contributed by atoms with E-state index in [9.17, 15) is 28.8 Å². The van der Waals surface area contributed by atoms with Crippen molar-refractivity contribution < 1.29 is 33.0 Å². The number of rotatable bonds is 6. The summed E-state index contributed by atoms with van der Waals surface area (Å²) in [6.07, 6.45) is -0.798. The molecule has 222 valence electrons. The van der Waals surface area contributed by atoms with E-state index < -0.39 is 47.6 Å². The molecule has 4 amide bonds. The fraction of sp³-hybridized carbons (Fsp3) is 0.448. The maximum atomic E-state index is 15.0. The number of alkyl halides is 1. The number of nitrogens with one attached hydrogen (secondary N) is 3. The molecule has 4 rings (SSSR count). The van der Waals surface area contributed by atoms with Gasteiger partial charge in [-0.05, 0) is 62.6 Å². The minimum absolute atomic E-state index is 0.174. The molecule has 0 unspecified atom stereocenters. The largest absolute Gasteiger partial charge is 0.486 e. The lowest BCUT2D eigenvalue weighted by molar-refractivity contribution is -0.129. The quantitative estimate of drug-likeness (QED) is 0.439. The number of amides is 4. The first kappa shape index (κ1) is 30.2. The summed E-state index contributed by atoms with van der Waals surface area (Å²) in [7, 11) is 0. The summed E-state index contributed by atoms with van der Waals surface area (Å²) in [4.78, 5) is 53.4. The van der Waals surface area contributed by atoms with Gasteiger partial charge in [-0.25, -0.2) is 14.2 Å². The molecule has 1 saturated heterocycles. The molecule has 0 radical (unpaired) electrons. The van der Waals surface area contributed by atoms with Crippen LogP contribution < -0.4 is 20.9 Å². The molecule has 42 heavy (non-hydrogen) atoms. The molecule has 2 heterocycles. The second-order valence-electron chi connectivity index (χ2n) is 11.2. The number of benzene rings is 1. The first-order chi connectivity index (χ1) is 19.8. The van der Waals surface area contributed by atoms with Crippen molar-refractivity contribution in [3.8, 4) is 22.9 Å². The minimum atomic E-state index is -1.47. The van der Waals surface area contributed by atoms with Crippen LogP contribution in [0.15, 0.2) is 36.5 Å². The average Bonchev–Trinajstić information content (AvgIpc) is 3.73. The molecule has 3 N–H and O–H groups in total. The van der Waals surface area contributed by atoms with Crippen LogP contribution in [0.5, 0.6) is 5.75 Å². The summed E-state index contributed by atoms with van der Waals surface area (Å²) >= 11 is 0. The number of aromatic nitrogens is 1. The summed E-state index contributed by atoms with van der Waals surface area (Å²) in [5, 5.41) is 12.5. The number of pyridine rings is 1. The second kappa shape index (κ2) is 12.4. The highest BCUT2D eigenvalue weighted by Gasteiger charge is 2.48. The van der Waals surface area contributed by atoms with Crippen molar-refractivity contribution in [1.82, 2.24) is 20.7 Å². The zero-order valence-corrected chi connectivity index (χ0v) is 23.8. The molecule has 2 aliphatic rings. The van der Waals surface area contributed by atoms with Crippen LogP contribution in [-0.4, -0.2) is 64.7 Å². The van der Waals surface area contributed by atoms with E-state index >= 15 is 0 Å². The maximum absolute atomic E-state index is 15.0. The Morgan fingerprint density at radius 1 is 1.07 bits per heavy atom. The van der Waals surface area contributed by atoms with Crippen LogP contribution in [0.25, 0.3) is 11.1 Å². The Morgan fingerprint density at radius 2 is 1.79 bits per heavy atom. The fourth-order valence-electron chi connectivity index (χ4n) is 4.49. The topological polar surface area (TPSA) is 163 Å². The van der Waals surface area contributed by atoms with E-state index in [2.05, 4.69) is 27.2 Å². The molecule has 0 spiro atoms. The van der Waals surface area contributed by atoms with Gasteiger partial charge in [-0.3, -0.25) is 25.2 Å². The van der Waals surface area contributed by atoms with Crippen molar-refractivity contribution in [3.63, 3.8) is 0 Å². The molecular formula is C29H33FN6O6. The van der Waals surface area contributed by atoms with Crippen molar-refractivity contribution in [1.29, 1.82) is 5.26 Å². The van der Waals surface area contributed by atoms with Crippen LogP contribution in [0.2, 0.25) is 0 Å². The molecule has 2 aromatic rings. The van der Waals surface area contributed by atoms with Gasteiger partial charge in [-0.15, -0.1) is 0 Å². The van der Waals surface area contributed by atoms with Gasteiger partial charge in [0.15, 0.2) is 6.17 Å². The number of anilines is 1. The van der Waals surface area contributed by atoms with Gasteiger partial charge in [-0.1, -0.05) is 6.07 Å². The number of halogens is 1. The molecule has 1 aromatic carbocycles. The molecule has 0 bridgehead atoms. The number of nitrogens with zero attached hydrogens (tertiary/aromatic N) is 3. The van der Waals surface area contributed by atoms with Crippen molar-refractivity contribution >= 4 is 29.6 Å². The van der Waals surface area contributed by atoms with E-state index in [1.807, 2.05) is 0 Å². The highest BCUT2D eigenvalue weighted by molar-refractivity contribution is 5.99. The number of hydrazine groups is 1. The lowest BCUT2D eigenvalue weighted by Gasteiger charge is -2.35. The highest BCUT2D eigenvalue weighted by Crippen LogP contribution is 2.39. The number of carbonyl (C=O) groups excluding carboxylic acids is 4. The standard InChI is InChI=1S/C29H33FN6O6/c1-16(37)34-35-27(39)21-13-20(21)26(38)33-25-12-18(7-9-32-25)17-5-6-23(19(11-17)14-31)41-24-8-10-36(15-22(24)30)28(40)42-29(2,3)4/h5-7,9,11-12,20-22,24H,8,10,13,15H2,1-4H3,(H,34,37)(H,35,39)(H,32,33,38)/t20-,21-,22-,24+/m1/s1. The molecule has 13 heteroatoms. The first-order valence-corrected chi connectivity index (χ1v) is 13.5. The Kier molecular flexibility index (Phi) is 8.94. The molecule has 1 saturated carbocycles. The van der Waals surface area contributed by atoms with Gasteiger partial charge in [0.2, 0.25) is 17.7 Å². The van der Waals surface area contributed by atoms with Crippen LogP contribution in [0.3, 0.4) is 0 Å². The summed E-state index contributed by atoms with van der Waals surface area (Å²) in [5.74, 6) is -1.83. The maximum Gasteiger partial charge on any atom is 0.410 e. The number of carbonyl (C=O) groups is 4. The monoisotopic (exact) mass is 580 g/mol. The first-order valence-electron chi connectivity index (χ1n) is 13.5. The molecule has 1 aliphatic carbocycles. The van der Waals surface area contributed by atoms with Crippen LogP contribution >= 0.6 is 0 Å². The SMILES string of the molecule is CC(=O)NNC(=O)[C@@H]1C[C@H]1C(=O)Nc1cc(-c2ccc(O[C@H]3CCN(C(=O)OC(C)(C)C)C[C@H]3F)c(C#N)c2)ccn1. The van der Waals surface area contributed by atoms with Crippen molar-refractivity contribution in [2.45, 2.75) is 58.4 Å². The minimum Gasteiger partial charge on any atom is -0.486 e. The average molecular weight is 581 g/mol. The Hall–Kier alpha value is -4.73. The molecule has 12 nitrogen and oxygen atoms in total. The molecular weight excluding hydrogens is 547 g/mol. The van der Waals surface area contributed by atoms with Gasteiger partial charge in [0.1, 0.15) is 29.3 Å². The summed E-state index contributed by atoms with van der Waals surface area (Å²) in [5.41, 5.74) is 5.29. The van der Waals surface area contributed by atoms with Crippen LogP contribution in [0.1, 0.15) is 46.1 Å². The third-order valence-electron chi connectivity index (χ3n) is 6.68. The lowest BCUT2D eigenvalue weighted by atomic mass is 10.0. The van der Waals surface area contributed by atoms with E-state index in [0.717, 1.165) is 0 Å². The van der Waals surface area contributed by atoms with E-state index in [1.165, 1.54) is 18.0 Å². The summed E-state index contributed by atoms with van der Waals surface area (Å²) in [6.45, 7) is 6.57. The normalized spacial score (nSPS) is 21.4. The van der Waals surface area contributed by atoms with Gasteiger partial charge >= 0.3 is 6.09 Å². The molecule has 4 atom stereocenters. The van der Waals surface area contributed by atoms with Gasteiger partial charge in [0, 0.05) is 26.1 Å². The molecule has 1 aliphatic heterocycles. The fourth-order valence-corrected chi connectivity index (χ4v) is 4.49. The van der Waals surface area contributed by atoms with Gasteiger partial charge in [0.05, 0.1) is 23.9 Å². The number of likely N-dealkylation sites (tertiary alicyclic amines) is 1. The van der Waals surface area contributed by atoms with Gasteiger partial charge < -0.3 is 19.7 Å². The Balaban J connectivity index is 1.37. The third-order valence-corrected chi connectivity index (χ3v) is 6.68. The second-order valence-corrected chi connectivity index (χ2v) is 11.2. The zero-order valence-electron chi connectivity index (χ0n) is 23.8. The number of nitriles is 1. The number of hydrogen-bond acceptors (Lipinski definition) is 8. The van der Waals surface area contributed by atoms with Gasteiger partial charge in [0.25, 0.3) is 0 Å². The predicted octanol–water partition coefficient (Wildman–Crippen LogP) is 3.09. The smallest absolute Gasteiger partial charge is 0.410 e. The molecule has 2 fully saturated rings. The Morgan fingerprint density at radius 3 is 2.45 bits per heavy atom. The summed E-state index contributed by atoms with van der Waals surface area (Å²) in [6, 6.07) is 10.3. The Labute approximate surface area is 242 Å². The predicted molar refractivity (Wildman–Crippen MR) is 148 cm³/mol. The van der Waals surface area contributed by atoms with Crippen molar-refractivity contribution in [3.05, 3.63) is 42.1 Å². The van der Waals surface area contributed by atoms with Crippen LogP contribution in [-0.2, 0) is 19.1 Å². The summed E-state index contributed by atoms with van der Waals surface area (Å²) < 4.78 is 26.2. The Bertz CT molecular complexity index is 1420. The molecule has 1 aromatic heterocycles. The van der Waals surface area contributed by atoms with Crippen LogP contribution in [0.4, 0.5) is 15.0 Å². The van der Waals surface area contributed by atoms with Crippen LogP contribution in [0, 0.1) is 23.2 Å². The van der Waals surface area contributed by atoms with E-state index in [4.69, 9.17) is 9.47 Å². The van der Waals surface area contributed by atoms with E-state index in [0.29, 0.717) is 17.5 Å². The number of hydrogen-bond donors (Lipinski definition) is 3. The lowest BCUT2D eigenvalue weighted by Crippen LogP contribution is -2.50. The highest BCUT2D eigenvalue weighted by atomic mass is 19.1. The van der Waals surface area contributed by atoms with E-state index in [-0.39, 0.29) is 42.5 Å². The number of piperidine rings is 1. The van der Waals surface area contributed by atoms with Crippen molar-refractivity contribution in [2.75, 3.05) is 18.4 Å². The van der Waals surface area contributed by atoms with Crippen molar-refractivity contribution in [2.24, 2.45) is 11.8 Å². The third kappa shape index (κ3) is 7.72.